The molecule has 0 saturated heterocycles. The number of hydrogen-bond acceptors (Lipinski definition) is 6. The van der Waals surface area contributed by atoms with Crippen LogP contribution in [0.2, 0.25) is 0 Å². The topological polar surface area (TPSA) is 118 Å². The van der Waals surface area contributed by atoms with Crippen molar-refractivity contribution in [1.82, 2.24) is 10.6 Å². The van der Waals surface area contributed by atoms with Crippen molar-refractivity contribution in [3.8, 4) is 6.07 Å². The largest absolute Gasteiger partial charge is 0.467 e. The maximum absolute atomic E-state index is 12.6. The second-order valence-electron chi connectivity index (χ2n) is 6.78. The summed E-state index contributed by atoms with van der Waals surface area (Å²) in [5, 5.41) is 14.0. The highest BCUT2D eigenvalue weighted by molar-refractivity contribution is 5.89. The molecule has 0 radical (unpaired) electrons. The van der Waals surface area contributed by atoms with Gasteiger partial charge in [0.1, 0.15) is 18.7 Å². The third kappa shape index (κ3) is 7.66. The molecule has 0 bridgehead atoms. The summed E-state index contributed by atoms with van der Waals surface area (Å²) in [6.45, 7) is 5.23. The van der Waals surface area contributed by atoms with Crippen LogP contribution in [-0.4, -0.2) is 37.2 Å². The Morgan fingerprint density at radius 3 is 2.29 bits per heavy atom. The molecule has 1 aromatic carbocycles. The van der Waals surface area contributed by atoms with E-state index in [2.05, 4.69) is 10.6 Å². The van der Waals surface area contributed by atoms with E-state index in [1.54, 1.807) is 20.8 Å². The average Bonchev–Trinajstić information content (AvgIpc) is 2.69. The number of carbonyl (C=O) groups excluding carboxylic acids is 3. The summed E-state index contributed by atoms with van der Waals surface area (Å²) in [4.78, 5) is 36.6. The molecule has 28 heavy (non-hydrogen) atoms. The minimum atomic E-state index is -0.976. The number of amides is 2. The van der Waals surface area contributed by atoms with Crippen LogP contribution in [0.1, 0.15) is 32.8 Å². The second-order valence-corrected chi connectivity index (χ2v) is 6.78. The van der Waals surface area contributed by atoms with E-state index in [9.17, 15) is 14.4 Å². The first kappa shape index (κ1) is 23.0. The maximum atomic E-state index is 12.6. The number of nitrogens with zero attached hydrogens (tertiary/aromatic N) is 1. The van der Waals surface area contributed by atoms with Crippen molar-refractivity contribution < 1.29 is 23.9 Å². The second kappa shape index (κ2) is 11.6. The van der Waals surface area contributed by atoms with E-state index in [4.69, 9.17) is 14.7 Å². The molecule has 0 fully saturated rings. The lowest BCUT2D eigenvalue weighted by atomic mass is 10.0. The predicted molar refractivity (Wildman–Crippen MR) is 102 cm³/mol. The van der Waals surface area contributed by atoms with Crippen molar-refractivity contribution in [3.05, 3.63) is 35.9 Å². The molecule has 3 atom stereocenters. The standard InChI is InChI=1S/C20H27N3O5/c1-13(2)17(23-20(26)28-12-15-8-6-5-7-9-15)18(24)22-16(19(25)27-4)10-14(3)11-21/h5-9,13-14,16-17H,10,12H2,1-4H3,(H,22,24)(H,23,26)/t14-,16-,17-/m0/s1. The summed E-state index contributed by atoms with van der Waals surface area (Å²) in [5.41, 5.74) is 0.819. The predicted octanol–water partition coefficient (Wildman–Crippen LogP) is 2.14. The first-order chi connectivity index (χ1) is 13.3. The van der Waals surface area contributed by atoms with E-state index < -0.39 is 36.0 Å². The van der Waals surface area contributed by atoms with Gasteiger partial charge in [0.25, 0.3) is 0 Å². The van der Waals surface area contributed by atoms with Gasteiger partial charge >= 0.3 is 12.1 Å². The number of esters is 1. The Bertz CT molecular complexity index is 700. The van der Waals surface area contributed by atoms with E-state index >= 15 is 0 Å². The molecular weight excluding hydrogens is 362 g/mol. The Balaban J connectivity index is 2.71. The summed E-state index contributed by atoms with van der Waals surface area (Å²) in [7, 11) is 1.21. The third-order valence-electron chi connectivity index (χ3n) is 4.05. The van der Waals surface area contributed by atoms with Crippen LogP contribution in [0.25, 0.3) is 0 Å². The van der Waals surface area contributed by atoms with Gasteiger partial charge in [0.2, 0.25) is 5.91 Å². The van der Waals surface area contributed by atoms with Gasteiger partial charge in [-0.15, -0.1) is 0 Å². The molecule has 2 amide bonds. The number of methoxy groups -OCH3 is 1. The monoisotopic (exact) mass is 389 g/mol. The van der Waals surface area contributed by atoms with Crippen molar-refractivity contribution in [3.63, 3.8) is 0 Å². The lowest BCUT2D eigenvalue weighted by Gasteiger charge is -2.24. The van der Waals surface area contributed by atoms with Crippen molar-refractivity contribution >= 4 is 18.0 Å². The Hall–Kier alpha value is -3.08. The summed E-state index contributed by atoms with van der Waals surface area (Å²) in [5.74, 6) is -1.90. The number of nitriles is 1. The Morgan fingerprint density at radius 1 is 1.11 bits per heavy atom. The molecule has 0 aromatic heterocycles. The SMILES string of the molecule is COC(=O)[C@H](C[C@H](C)C#N)NC(=O)[C@@H](NC(=O)OCc1ccccc1)C(C)C. The molecule has 0 unspecified atom stereocenters. The van der Waals surface area contributed by atoms with Gasteiger partial charge in [-0.1, -0.05) is 44.2 Å². The quantitative estimate of drug-likeness (QED) is 0.625. The normalized spacial score (nSPS) is 13.6. The van der Waals surface area contributed by atoms with E-state index in [1.165, 1.54) is 7.11 Å². The van der Waals surface area contributed by atoms with Gasteiger partial charge in [-0.2, -0.15) is 5.26 Å². The van der Waals surface area contributed by atoms with Crippen molar-refractivity contribution in [2.75, 3.05) is 7.11 Å². The number of carbonyl (C=O) groups is 3. The van der Waals surface area contributed by atoms with Gasteiger partial charge in [-0.25, -0.2) is 9.59 Å². The average molecular weight is 389 g/mol. The zero-order valence-electron chi connectivity index (χ0n) is 16.6. The van der Waals surface area contributed by atoms with Gasteiger partial charge < -0.3 is 20.1 Å². The fourth-order valence-electron chi connectivity index (χ4n) is 2.45. The number of nitrogens with one attached hydrogen (secondary N) is 2. The molecule has 0 heterocycles. The third-order valence-corrected chi connectivity index (χ3v) is 4.05. The molecule has 0 saturated carbocycles. The zero-order chi connectivity index (χ0) is 21.1. The lowest BCUT2D eigenvalue weighted by molar-refractivity contribution is -0.145. The Kier molecular flexibility index (Phi) is 9.51. The van der Waals surface area contributed by atoms with Gasteiger partial charge in [0.15, 0.2) is 0 Å². The molecule has 0 aliphatic carbocycles. The number of alkyl carbamates (subject to hydrolysis) is 1. The first-order valence-corrected chi connectivity index (χ1v) is 9.03. The number of hydrogen-bond donors (Lipinski definition) is 2. The summed E-state index contributed by atoms with van der Waals surface area (Å²) < 4.78 is 9.84. The fourth-order valence-corrected chi connectivity index (χ4v) is 2.45. The lowest BCUT2D eigenvalue weighted by Crippen LogP contribution is -2.54. The van der Waals surface area contributed by atoms with E-state index in [0.29, 0.717) is 0 Å². The van der Waals surface area contributed by atoms with Crippen LogP contribution in [-0.2, 0) is 25.7 Å². The fraction of sp³-hybridized carbons (Fsp3) is 0.500. The molecule has 0 spiro atoms. The maximum Gasteiger partial charge on any atom is 0.408 e. The molecule has 8 heteroatoms. The van der Waals surface area contributed by atoms with Crippen LogP contribution < -0.4 is 10.6 Å². The molecule has 1 aromatic rings. The zero-order valence-corrected chi connectivity index (χ0v) is 16.6. The van der Waals surface area contributed by atoms with Crippen LogP contribution in [0, 0.1) is 23.2 Å². The van der Waals surface area contributed by atoms with Gasteiger partial charge in [0, 0.05) is 5.92 Å². The molecular formula is C20H27N3O5. The van der Waals surface area contributed by atoms with Crippen molar-refractivity contribution in [2.24, 2.45) is 11.8 Å². The van der Waals surface area contributed by atoms with Crippen molar-refractivity contribution in [1.29, 1.82) is 5.26 Å². The number of ether oxygens (including phenoxy) is 2. The summed E-state index contributed by atoms with van der Waals surface area (Å²) in [6, 6.07) is 9.28. The highest BCUT2D eigenvalue weighted by atomic mass is 16.5. The summed E-state index contributed by atoms with van der Waals surface area (Å²) in [6.07, 6.45) is -0.629. The molecule has 152 valence electrons. The molecule has 0 aliphatic heterocycles. The molecule has 0 aliphatic rings. The van der Waals surface area contributed by atoms with Crippen LogP contribution in [0.5, 0.6) is 0 Å². The highest BCUT2D eigenvalue weighted by Crippen LogP contribution is 2.09. The van der Waals surface area contributed by atoms with E-state index in [-0.39, 0.29) is 18.9 Å². The first-order valence-electron chi connectivity index (χ1n) is 9.03. The Morgan fingerprint density at radius 2 is 1.75 bits per heavy atom. The van der Waals surface area contributed by atoms with Gasteiger partial charge in [-0.05, 0) is 24.8 Å². The van der Waals surface area contributed by atoms with Crippen LogP contribution in [0.4, 0.5) is 4.79 Å². The van der Waals surface area contributed by atoms with Crippen LogP contribution >= 0.6 is 0 Å². The molecule has 8 nitrogen and oxygen atoms in total. The molecule has 2 N–H and O–H groups in total. The molecule has 1 rings (SSSR count). The van der Waals surface area contributed by atoms with E-state index in [0.717, 1.165) is 5.56 Å². The number of benzene rings is 1. The minimum Gasteiger partial charge on any atom is -0.467 e. The number of rotatable bonds is 9. The van der Waals surface area contributed by atoms with Crippen LogP contribution in [0.15, 0.2) is 30.3 Å². The van der Waals surface area contributed by atoms with E-state index in [1.807, 2.05) is 36.4 Å². The highest BCUT2D eigenvalue weighted by Gasteiger charge is 2.30. The summed E-state index contributed by atoms with van der Waals surface area (Å²) >= 11 is 0. The minimum absolute atomic E-state index is 0.0730. The van der Waals surface area contributed by atoms with Gasteiger partial charge in [-0.3, -0.25) is 4.79 Å². The smallest absolute Gasteiger partial charge is 0.408 e. The van der Waals surface area contributed by atoms with Crippen LogP contribution in [0.3, 0.4) is 0 Å². The van der Waals surface area contributed by atoms with Crippen molar-refractivity contribution in [2.45, 2.75) is 45.9 Å². The van der Waals surface area contributed by atoms with Gasteiger partial charge in [0.05, 0.1) is 13.2 Å². The Labute approximate surface area is 165 Å².